The van der Waals surface area contributed by atoms with Gasteiger partial charge in [-0.05, 0) is 42.2 Å². The molecule has 0 aromatic carbocycles. The Balaban J connectivity index is 1.57. The number of amides is 4. The van der Waals surface area contributed by atoms with Gasteiger partial charge in [-0.3, -0.25) is 14.5 Å². The maximum Gasteiger partial charge on any atom is 0.326 e. The first-order chi connectivity index (χ1) is 11.0. The van der Waals surface area contributed by atoms with Gasteiger partial charge >= 0.3 is 6.03 Å². The zero-order chi connectivity index (χ0) is 16.6. The van der Waals surface area contributed by atoms with E-state index in [1.54, 1.807) is 18.4 Å². The molecule has 1 aliphatic carbocycles. The zero-order valence-electron chi connectivity index (χ0n) is 13.4. The third-order valence-electron chi connectivity index (χ3n) is 4.67. The average molecular weight is 335 g/mol. The molecule has 0 saturated carbocycles. The fourth-order valence-corrected chi connectivity index (χ4v) is 4.38. The molecule has 1 fully saturated rings. The summed E-state index contributed by atoms with van der Waals surface area (Å²) in [5.74, 6) is -0.519. The molecule has 1 aliphatic heterocycles. The van der Waals surface area contributed by atoms with Gasteiger partial charge in [0, 0.05) is 25.5 Å². The number of imide groups is 1. The molecule has 6 nitrogen and oxygen atoms in total. The Kier molecular flexibility index (Phi) is 4.39. The molecule has 23 heavy (non-hydrogen) atoms. The lowest BCUT2D eigenvalue weighted by atomic mass is 9.96. The van der Waals surface area contributed by atoms with Gasteiger partial charge in [-0.25, -0.2) is 4.79 Å². The van der Waals surface area contributed by atoms with Gasteiger partial charge < -0.3 is 10.2 Å². The zero-order valence-corrected chi connectivity index (χ0v) is 14.2. The van der Waals surface area contributed by atoms with Crippen molar-refractivity contribution in [2.24, 2.45) is 0 Å². The van der Waals surface area contributed by atoms with E-state index in [2.05, 4.69) is 10.7 Å². The second-order valence-electron chi connectivity index (χ2n) is 6.16. The van der Waals surface area contributed by atoms with Crippen LogP contribution in [-0.4, -0.2) is 47.8 Å². The Hall–Kier alpha value is -1.89. The lowest BCUT2D eigenvalue weighted by molar-refractivity contribution is -0.131. The number of nitrogens with one attached hydrogen (secondary N) is 1. The molecule has 1 N–H and O–H groups in total. The summed E-state index contributed by atoms with van der Waals surface area (Å²) in [6, 6.07) is -1.05. The van der Waals surface area contributed by atoms with Crippen LogP contribution in [0, 0.1) is 0 Å². The minimum absolute atomic E-state index is 0.0116. The summed E-state index contributed by atoms with van der Waals surface area (Å²) >= 11 is 1.77. The van der Waals surface area contributed by atoms with Crippen LogP contribution in [0.1, 0.15) is 35.3 Å². The van der Waals surface area contributed by atoms with Crippen LogP contribution in [-0.2, 0) is 29.0 Å². The number of likely N-dealkylation sites (N-methyl/N-ethyl adjacent to an activating group) is 2. The van der Waals surface area contributed by atoms with Gasteiger partial charge in [-0.2, -0.15) is 0 Å². The number of carbonyl (C=O) groups excluding carboxylic acids is 3. The highest BCUT2D eigenvalue weighted by molar-refractivity contribution is 7.10. The van der Waals surface area contributed by atoms with E-state index >= 15 is 0 Å². The van der Waals surface area contributed by atoms with Gasteiger partial charge in [-0.1, -0.05) is 0 Å². The molecule has 0 bridgehead atoms. The summed E-state index contributed by atoms with van der Waals surface area (Å²) in [7, 11) is 2.99. The summed E-state index contributed by atoms with van der Waals surface area (Å²) in [5, 5.41) is 5.02. The molecule has 2 heterocycles. The van der Waals surface area contributed by atoms with Crippen LogP contribution in [0.3, 0.4) is 0 Å². The third-order valence-corrected chi connectivity index (χ3v) is 5.81. The number of thiophene rings is 1. The van der Waals surface area contributed by atoms with Crippen molar-refractivity contribution in [3.8, 4) is 0 Å². The van der Waals surface area contributed by atoms with Gasteiger partial charge in [0.2, 0.25) is 5.91 Å². The molecule has 2 aliphatic rings. The number of rotatable bonds is 4. The van der Waals surface area contributed by atoms with Crippen LogP contribution in [0.5, 0.6) is 0 Å². The molecule has 0 radical (unpaired) electrons. The summed E-state index contributed by atoms with van der Waals surface area (Å²) in [6.45, 7) is 0.499. The molecule has 0 spiro atoms. The second-order valence-corrected chi connectivity index (χ2v) is 7.12. The van der Waals surface area contributed by atoms with E-state index in [-0.39, 0.29) is 24.3 Å². The SMILES string of the molecule is CN1C(=O)[C@H](CC(=O)NCc2csc3c2CCCC3)N(C)C1=O. The Labute approximate surface area is 139 Å². The Bertz CT molecular complexity index is 655. The van der Waals surface area contributed by atoms with Crippen LogP contribution < -0.4 is 5.32 Å². The number of nitrogens with zero attached hydrogens (tertiary/aromatic N) is 2. The smallest absolute Gasteiger partial charge is 0.326 e. The molecular formula is C16H21N3O3S. The van der Waals surface area contributed by atoms with Crippen molar-refractivity contribution in [1.29, 1.82) is 0 Å². The van der Waals surface area contributed by atoms with Crippen LogP contribution in [0.4, 0.5) is 4.79 Å². The first-order valence-corrected chi connectivity index (χ1v) is 8.76. The maximum absolute atomic E-state index is 12.2. The van der Waals surface area contributed by atoms with Crippen molar-refractivity contribution in [3.05, 3.63) is 21.4 Å². The molecule has 0 unspecified atom stereocenters. The van der Waals surface area contributed by atoms with Crippen molar-refractivity contribution in [2.75, 3.05) is 14.1 Å². The highest BCUT2D eigenvalue weighted by Crippen LogP contribution is 2.30. The van der Waals surface area contributed by atoms with Crippen LogP contribution in [0.2, 0.25) is 0 Å². The average Bonchev–Trinajstić information content (AvgIpc) is 3.04. The minimum Gasteiger partial charge on any atom is -0.352 e. The number of urea groups is 1. The van der Waals surface area contributed by atoms with Crippen molar-refractivity contribution in [3.63, 3.8) is 0 Å². The van der Waals surface area contributed by atoms with E-state index in [9.17, 15) is 14.4 Å². The number of fused-ring (bicyclic) bond motifs is 1. The minimum atomic E-state index is -0.691. The summed E-state index contributed by atoms with van der Waals surface area (Å²) in [4.78, 5) is 39.7. The van der Waals surface area contributed by atoms with E-state index in [0.717, 1.165) is 17.7 Å². The van der Waals surface area contributed by atoms with E-state index in [0.29, 0.717) is 6.54 Å². The molecule has 7 heteroatoms. The van der Waals surface area contributed by atoms with Gasteiger partial charge in [0.25, 0.3) is 5.91 Å². The molecular weight excluding hydrogens is 314 g/mol. The van der Waals surface area contributed by atoms with Crippen molar-refractivity contribution in [2.45, 2.75) is 44.7 Å². The van der Waals surface area contributed by atoms with E-state index in [1.165, 1.54) is 40.8 Å². The van der Waals surface area contributed by atoms with Crippen LogP contribution >= 0.6 is 11.3 Å². The van der Waals surface area contributed by atoms with Gasteiger partial charge in [0.1, 0.15) is 6.04 Å². The molecule has 4 amide bonds. The monoisotopic (exact) mass is 335 g/mol. The second kappa shape index (κ2) is 6.31. The fraction of sp³-hybridized carbons (Fsp3) is 0.562. The largest absolute Gasteiger partial charge is 0.352 e. The Morgan fingerprint density at radius 3 is 2.74 bits per heavy atom. The molecule has 124 valence electrons. The van der Waals surface area contributed by atoms with E-state index < -0.39 is 6.04 Å². The van der Waals surface area contributed by atoms with Gasteiger partial charge in [0.05, 0.1) is 6.42 Å². The van der Waals surface area contributed by atoms with Gasteiger partial charge in [0.15, 0.2) is 0 Å². The number of hydrogen-bond donors (Lipinski definition) is 1. The first-order valence-electron chi connectivity index (χ1n) is 7.88. The Morgan fingerprint density at radius 2 is 2.04 bits per heavy atom. The first kappa shape index (κ1) is 16.0. The number of aryl methyl sites for hydroxylation is 1. The number of carbonyl (C=O) groups is 3. The summed E-state index contributed by atoms with van der Waals surface area (Å²) in [6.07, 6.45) is 4.70. The molecule has 1 atom stereocenters. The summed E-state index contributed by atoms with van der Waals surface area (Å²) in [5.41, 5.74) is 2.59. The predicted octanol–water partition coefficient (Wildman–Crippen LogP) is 1.53. The van der Waals surface area contributed by atoms with Crippen LogP contribution in [0.25, 0.3) is 0 Å². The highest BCUT2D eigenvalue weighted by Gasteiger charge is 2.41. The normalized spacial score (nSPS) is 20.9. The third kappa shape index (κ3) is 2.97. The molecule has 1 aromatic heterocycles. The Morgan fingerprint density at radius 1 is 1.30 bits per heavy atom. The molecule has 1 saturated heterocycles. The quantitative estimate of drug-likeness (QED) is 0.848. The topological polar surface area (TPSA) is 69.7 Å². The van der Waals surface area contributed by atoms with Crippen molar-refractivity contribution in [1.82, 2.24) is 15.1 Å². The molecule has 1 aromatic rings. The van der Waals surface area contributed by atoms with Crippen molar-refractivity contribution >= 4 is 29.2 Å². The molecule has 3 rings (SSSR count). The van der Waals surface area contributed by atoms with Crippen LogP contribution in [0.15, 0.2) is 5.38 Å². The van der Waals surface area contributed by atoms with Gasteiger partial charge in [-0.15, -0.1) is 11.3 Å². The fourth-order valence-electron chi connectivity index (χ4n) is 3.23. The summed E-state index contributed by atoms with van der Waals surface area (Å²) < 4.78 is 0. The lowest BCUT2D eigenvalue weighted by Gasteiger charge is -2.16. The van der Waals surface area contributed by atoms with E-state index in [1.807, 2.05) is 0 Å². The lowest BCUT2D eigenvalue weighted by Crippen LogP contribution is -2.37. The maximum atomic E-state index is 12.2. The highest BCUT2D eigenvalue weighted by atomic mass is 32.1. The standard InChI is InChI=1S/C16H21N3O3S/c1-18-12(15(21)19(2)16(18)22)7-14(20)17-8-10-9-23-13-6-4-3-5-11(10)13/h9,12H,3-8H2,1-2H3,(H,17,20)/t12-/m0/s1. The van der Waals surface area contributed by atoms with E-state index in [4.69, 9.17) is 0 Å². The predicted molar refractivity (Wildman–Crippen MR) is 87.1 cm³/mol. The van der Waals surface area contributed by atoms with Crippen molar-refractivity contribution < 1.29 is 14.4 Å². The number of hydrogen-bond acceptors (Lipinski definition) is 4.